The number of non-ortho nitro benzene ring substituents is 1. The predicted octanol–water partition coefficient (Wildman–Crippen LogP) is 5.46. The molecular weight excluding hydrogens is 432 g/mol. The number of nitrogens with zero attached hydrogens (tertiary/aromatic N) is 1. The number of aryl methyl sites for hydroxylation is 1. The van der Waals surface area contributed by atoms with E-state index in [0.29, 0.717) is 34.0 Å². The lowest BCUT2D eigenvalue weighted by atomic mass is 10.0. The normalized spacial score (nSPS) is 10.5. The molecule has 32 heavy (non-hydrogen) atoms. The molecule has 166 valence electrons. The van der Waals surface area contributed by atoms with E-state index in [4.69, 9.17) is 9.47 Å². The SMILES string of the molecule is CCOC(=O)c1c(NC(=O)c2ccccc2OCC)sc(C)c1-c1ccc([N+](=O)[O-])cc1. The molecule has 0 aliphatic heterocycles. The van der Waals surface area contributed by atoms with Gasteiger partial charge in [-0.15, -0.1) is 11.3 Å². The lowest BCUT2D eigenvalue weighted by Gasteiger charge is -2.11. The standard InChI is InChI=1S/C23H22N2O6S/c1-4-30-18-9-7-6-8-17(18)21(26)24-22-20(23(27)31-5-2)19(14(3)32-22)15-10-12-16(13-11-15)25(28)29/h6-13H,4-5H2,1-3H3,(H,24,26). The number of nitro benzene ring substituents is 1. The third kappa shape index (κ3) is 4.78. The first-order valence-electron chi connectivity index (χ1n) is 9.95. The number of nitro groups is 1. The van der Waals surface area contributed by atoms with Crippen molar-refractivity contribution in [1.82, 2.24) is 0 Å². The van der Waals surface area contributed by atoms with Crippen molar-refractivity contribution in [2.45, 2.75) is 20.8 Å². The van der Waals surface area contributed by atoms with Crippen LogP contribution in [0.3, 0.4) is 0 Å². The van der Waals surface area contributed by atoms with E-state index in [1.54, 1.807) is 43.3 Å². The maximum Gasteiger partial charge on any atom is 0.341 e. The summed E-state index contributed by atoms with van der Waals surface area (Å²) in [6.07, 6.45) is 0. The maximum atomic E-state index is 13.0. The highest BCUT2D eigenvalue weighted by Crippen LogP contribution is 2.41. The van der Waals surface area contributed by atoms with Gasteiger partial charge in [0.15, 0.2) is 0 Å². The highest BCUT2D eigenvalue weighted by Gasteiger charge is 2.26. The van der Waals surface area contributed by atoms with E-state index in [0.717, 1.165) is 4.88 Å². The molecule has 0 fully saturated rings. The van der Waals surface area contributed by atoms with Crippen LogP contribution < -0.4 is 10.1 Å². The van der Waals surface area contributed by atoms with E-state index in [2.05, 4.69) is 5.32 Å². The highest BCUT2D eigenvalue weighted by molar-refractivity contribution is 7.17. The Labute approximate surface area is 188 Å². The minimum absolute atomic E-state index is 0.0552. The first kappa shape index (κ1) is 23.0. The lowest BCUT2D eigenvalue weighted by Crippen LogP contribution is -2.16. The lowest BCUT2D eigenvalue weighted by molar-refractivity contribution is -0.384. The molecule has 9 heteroatoms. The summed E-state index contributed by atoms with van der Waals surface area (Å²) in [7, 11) is 0. The third-order valence-electron chi connectivity index (χ3n) is 4.59. The summed E-state index contributed by atoms with van der Waals surface area (Å²) in [6.45, 7) is 5.90. The molecule has 0 aliphatic rings. The molecule has 3 aromatic rings. The zero-order valence-electron chi connectivity index (χ0n) is 17.8. The van der Waals surface area contributed by atoms with Gasteiger partial charge in [0.1, 0.15) is 16.3 Å². The fourth-order valence-corrected chi connectivity index (χ4v) is 4.29. The smallest absolute Gasteiger partial charge is 0.341 e. The van der Waals surface area contributed by atoms with E-state index in [1.807, 2.05) is 13.8 Å². The van der Waals surface area contributed by atoms with Gasteiger partial charge in [-0.05, 0) is 50.6 Å². The molecule has 0 atom stereocenters. The average Bonchev–Trinajstić information content (AvgIpc) is 3.10. The quantitative estimate of drug-likeness (QED) is 0.275. The monoisotopic (exact) mass is 454 g/mol. The van der Waals surface area contributed by atoms with Gasteiger partial charge in [-0.1, -0.05) is 12.1 Å². The molecule has 0 saturated carbocycles. The fourth-order valence-electron chi connectivity index (χ4n) is 3.23. The van der Waals surface area contributed by atoms with E-state index >= 15 is 0 Å². The second kappa shape index (κ2) is 10.1. The summed E-state index contributed by atoms with van der Waals surface area (Å²) in [5.41, 5.74) is 1.68. The van der Waals surface area contributed by atoms with Crippen molar-refractivity contribution < 1.29 is 24.0 Å². The number of benzene rings is 2. The van der Waals surface area contributed by atoms with Crippen molar-refractivity contribution in [3.63, 3.8) is 0 Å². The van der Waals surface area contributed by atoms with Gasteiger partial charge in [-0.3, -0.25) is 14.9 Å². The Kier molecular flexibility index (Phi) is 7.21. The number of anilines is 1. The van der Waals surface area contributed by atoms with Crippen LogP contribution in [-0.4, -0.2) is 30.0 Å². The van der Waals surface area contributed by atoms with Crippen LogP contribution in [0.25, 0.3) is 11.1 Å². The summed E-state index contributed by atoms with van der Waals surface area (Å²) in [5.74, 6) is -0.566. The molecule has 0 radical (unpaired) electrons. The zero-order chi connectivity index (χ0) is 23.3. The van der Waals surface area contributed by atoms with E-state index < -0.39 is 16.8 Å². The number of hydrogen-bond acceptors (Lipinski definition) is 7. The summed E-state index contributed by atoms with van der Waals surface area (Å²) in [5, 5.41) is 14.1. The van der Waals surface area contributed by atoms with Crippen LogP contribution in [0.2, 0.25) is 0 Å². The molecule has 0 bridgehead atoms. The molecule has 3 rings (SSSR count). The molecular formula is C23H22N2O6S. The fraction of sp³-hybridized carbons (Fsp3) is 0.217. The topological polar surface area (TPSA) is 108 Å². The van der Waals surface area contributed by atoms with Crippen LogP contribution in [0.4, 0.5) is 10.7 Å². The van der Waals surface area contributed by atoms with E-state index in [9.17, 15) is 19.7 Å². The van der Waals surface area contributed by atoms with Crippen LogP contribution in [0.1, 0.15) is 39.4 Å². The van der Waals surface area contributed by atoms with Gasteiger partial charge in [0.2, 0.25) is 0 Å². The number of ether oxygens (including phenoxy) is 2. The second-order valence-corrected chi connectivity index (χ2v) is 7.87. The van der Waals surface area contributed by atoms with Crippen LogP contribution >= 0.6 is 11.3 Å². The second-order valence-electron chi connectivity index (χ2n) is 6.65. The highest BCUT2D eigenvalue weighted by atomic mass is 32.1. The molecule has 0 unspecified atom stereocenters. The number of carbonyl (C=O) groups excluding carboxylic acids is 2. The van der Waals surface area contributed by atoms with Crippen molar-refractivity contribution in [2.75, 3.05) is 18.5 Å². The summed E-state index contributed by atoms with van der Waals surface area (Å²) >= 11 is 1.24. The van der Waals surface area contributed by atoms with Gasteiger partial charge in [0.25, 0.3) is 11.6 Å². The van der Waals surface area contributed by atoms with Crippen molar-refractivity contribution in [3.8, 4) is 16.9 Å². The first-order valence-corrected chi connectivity index (χ1v) is 10.8. The molecule has 1 heterocycles. The number of nitrogens with one attached hydrogen (secondary N) is 1. The molecule has 1 aromatic heterocycles. The Morgan fingerprint density at radius 3 is 2.38 bits per heavy atom. The molecule has 0 saturated heterocycles. The van der Waals surface area contributed by atoms with Gasteiger partial charge < -0.3 is 14.8 Å². The van der Waals surface area contributed by atoms with Crippen LogP contribution in [0.5, 0.6) is 5.75 Å². The average molecular weight is 455 g/mol. The van der Waals surface area contributed by atoms with Gasteiger partial charge in [0, 0.05) is 22.6 Å². The van der Waals surface area contributed by atoms with Crippen LogP contribution in [0, 0.1) is 17.0 Å². The number of para-hydroxylation sites is 1. The number of esters is 1. The van der Waals surface area contributed by atoms with E-state index in [-0.39, 0.29) is 17.9 Å². The Balaban J connectivity index is 2.05. The predicted molar refractivity (Wildman–Crippen MR) is 123 cm³/mol. The van der Waals surface area contributed by atoms with Crippen LogP contribution in [-0.2, 0) is 4.74 Å². The number of amides is 1. The zero-order valence-corrected chi connectivity index (χ0v) is 18.7. The number of hydrogen-bond donors (Lipinski definition) is 1. The summed E-state index contributed by atoms with van der Waals surface area (Å²) < 4.78 is 10.8. The summed E-state index contributed by atoms with van der Waals surface area (Å²) in [6, 6.07) is 12.7. The number of rotatable bonds is 8. The van der Waals surface area contributed by atoms with Crippen LogP contribution in [0.15, 0.2) is 48.5 Å². The van der Waals surface area contributed by atoms with E-state index in [1.165, 1.54) is 23.5 Å². The number of carbonyl (C=O) groups is 2. The van der Waals surface area contributed by atoms with Gasteiger partial charge >= 0.3 is 5.97 Å². The first-order chi connectivity index (χ1) is 15.4. The molecule has 1 amide bonds. The van der Waals surface area contributed by atoms with Gasteiger partial charge in [-0.2, -0.15) is 0 Å². The Bertz CT molecular complexity index is 1150. The minimum atomic E-state index is -0.585. The van der Waals surface area contributed by atoms with Gasteiger partial charge in [0.05, 0.1) is 23.7 Å². The molecule has 8 nitrogen and oxygen atoms in total. The molecule has 2 aromatic carbocycles. The largest absolute Gasteiger partial charge is 0.493 e. The minimum Gasteiger partial charge on any atom is -0.493 e. The van der Waals surface area contributed by atoms with Crippen molar-refractivity contribution >= 4 is 33.9 Å². The third-order valence-corrected chi connectivity index (χ3v) is 5.61. The van der Waals surface area contributed by atoms with Gasteiger partial charge in [-0.25, -0.2) is 4.79 Å². The Hall–Kier alpha value is -3.72. The molecule has 0 aliphatic carbocycles. The summed E-state index contributed by atoms with van der Waals surface area (Å²) in [4.78, 5) is 37.1. The van der Waals surface area contributed by atoms with Crippen molar-refractivity contribution in [1.29, 1.82) is 0 Å². The Morgan fingerprint density at radius 2 is 1.75 bits per heavy atom. The maximum absolute atomic E-state index is 13.0. The number of thiophene rings is 1. The molecule has 1 N–H and O–H groups in total. The van der Waals surface area contributed by atoms with Crippen molar-refractivity contribution in [3.05, 3.63) is 74.6 Å². The van der Waals surface area contributed by atoms with Crippen molar-refractivity contribution in [2.24, 2.45) is 0 Å². The molecule has 0 spiro atoms. The Morgan fingerprint density at radius 1 is 1.06 bits per heavy atom.